The van der Waals surface area contributed by atoms with E-state index in [4.69, 9.17) is 11.2 Å². The van der Waals surface area contributed by atoms with Gasteiger partial charge >= 0.3 is 6.01 Å². The van der Waals surface area contributed by atoms with Gasteiger partial charge in [-0.25, -0.2) is 9.97 Å². The summed E-state index contributed by atoms with van der Waals surface area (Å²) in [6.45, 7) is 3.55. The first-order chi connectivity index (χ1) is 6.03. The highest BCUT2D eigenvalue weighted by atomic mass is 79.9. The number of ether oxygens (including phenoxy) is 1. The van der Waals surface area contributed by atoms with Crippen molar-refractivity contribution in [3.05, 3.63) is 16.9 Å². The standard InChI is InChI=1S/C9H9BrN2O/c1-4-9(2,3)13-8-11-5-7(10)6-12-8/h1,5-6H,2-3H3. The summed E-state index contributed by atoms with van der Waals surface area (Å²) in [5.41, 5.74) is -0.673. The summed E-state index contributed by atoms with van der Waals surface area (Å²) in [6.07, 6.45) is 8.46. The molecule has 0 N–H and O–H groups in total. The van der Waals surface area contributed by atoms with Gasteiger partial charge in [-0.1, -0.05) is 5.92 Å². The normalized spacial score (nSPS) is 10.6. The topological polar surface area (TPSA) is 35.0 Å². The van der Waals surface area contributed by atoms with Gasteiger partial charge in [-0.05, 0) is 29.8 Å². The second kappa shape index (κ2) is 3.75. The summed E-state index contributed by atoms with van der Waals surface area (Å²) in [4.78, 5) is 7.87. The predicted octanol–water partition coefficient (Wildman–Crippen LogP) is 2.03. The van der Waals surface area contributed by atoms with Crippen LogP contribution in [-0.4, -0.2) is 15.6 Å². The van der Waals surface area contributed by atoms with Crippen molar-refractivity contribution >= 4 is 15.9 Å². The minimum Gasteiger partial charge on any atom is -0.444 e. The largest absolute Gasteiger partial charge is 0.444 e. The van der Waals surface area contributed by atoms with Crippen LogP contribution >= 0.6 is 15.9 Å². The van der Waals surface area contributed by atoms with Crippen molar-refractivity contribution in [2.45, 2.75) is 19.4 Å². The maximum Gasteiger partial charge on any atom is 0.317 e. The summed E-state index contributed by atoms with van der Waals surface area (Å²) in [6, 6.07) is 0.283. The predicted molar refractivity (Wildman–Crippen MR) is 53.3 cm³/mol. The smallest absolute Gasteiger partial charge is 0.317 e. The van der Waals surface area contributed by atoms with Gasteiger partial charge < -0.3 is 4.74 Å². The summed E-state index contributed by atoms with van der Waals surface area (Å²) in [5, 5.41) is 0. The van der Waals surface area contributed by atoms with Crippen LogP contribution in [-0.2, 0) is 0 Å². The Kier molecular flexibility index (Phi) is 2.89. The molecule has 1 heterocycles. The van der Waals surface area contributed by atoms with Gasteiger partial charge in [-0.3, -0.25) is 0 Å². The second-order valence-corrected chi connectivity index (χ2v) is 3.86. The molecule has 0 bridgehead atoms. The third-order valence-corrected chi connectivity index (χ3v) is 1.70. The van der Waals surface area contributed by atoms with Crippen molar-refractivity contribution in [3.63, 3.8) is 0 Å². The molecule has 4 heteroatoms. The Morgan fingerprint density at radius 1 is 1.46 bits per heavy atom. The van der Waals surface area contributed by atoms with Gasteiger partial charge in [-0.15, -0.1) is 6.42 Å². The van der Waals surface area contributed by atoms with Gasteiger partial charge in [0.25, 0.3) is 0 Å². The van der Waals surface area contributed by atoms with E-state index in [1.807, 2.05) is 0 Å². The number of halogens is 1. The lowest BCUT2D eigenvalue weighted by molar-refractivity contribution is 0.156. The van der Waals surface area contributed by atoms with Gasteiger partial charge in [0.2, 0.25) is 0 Å². The molecule has 68 valence electrons. The van der Waals surface area contributed by atoms with E-state index in [9.17, 15) is 0 Å². The first-order valence-corrected chi connectivity index (χ1v) is 4.47. The van der Waals surface area contributed by atoms with Crippen LogP contribution in [0.5, 0.6) is 6.01 Å². The van der Waals surface area contributed by atoms with E-state index in [0.29, 0.717) is 0 Å². The number of rotatable bonds is 2. The lowest BCUT2D eigenvalue weighted by atomic mass is 10.2. The Morgan fingerprint density at radius 3 is 2.46 bits per heavy atom. The molecule has 1 aromatic rings. The highest BCUT2D eigenvalue weighted by molar-refractivity contribution is 9.10. The van der Waals surface area contributed by atoms with E-state index < -0.39 is 5.60 Å². The summed E-state index contributed by atoms with van der Waals surface area (Å²) in [5.74, 6) is 2.49. The lowest BCUT2D eigenvalue weighted by Gasteiger charge is -2.17. The van der Waals surface area contributed by atoms with E-state index in [-0.39, 0.29) is 6.01 Å². The van der Waals surface area contributed by atoms with E-state index in [2.05, 4.69) is 31.8 Å². The van der Waals surface area contributed by atoms with E-state index in [0.717, 1.165) is 4.47 Å². The summed E-state index contributed by atoms with van der Waals surface area (Å²) < 4.78 is 6.13. The molecule has 0 fully saturated rings. The molecule has 1 rings (SSSR count). The van der Waals surface area contributed by atoms with Crippen LogP contribution in [0.3, 0.4) is 0 Å². The molecule has 0 aliphatic heterocycles. The molecule has 0 amide bonds. The first-order valence-electron chi connectivity index (χ1n) is 3.68. The van der Waals surface area contributed by atoms with E-state index in [1.54, 1.807) is 26.2 Å². The first kappa shape index (κ1) is 10.0. The number of aromatic nitrogens is 2. The summed E-state index contributed by atoms with van der Waals surface area (Å²) >= 11 is 3.22. The molecular formula is C9H9BrN2O. The number of nitrogens with zero attached hydrogens (tertiary/aromatic N) is 2. The van der Waals surface area contributed by atoms with Crippen LogP contribution in [0.15, 0.2) is 16.9 Å². The van der Waals surface area contributed by atoms with Gasteiger partial charge in [0.15, 0.2) is 5.60 Å². The number of terminal acetylenes is 1. The third kappa shape index (κ3) is 3.03. The van der Waals surface area contributed by atoms with Crippen LogP contribution in [0.2, 0.25) is 0 Å². The zero-order valence-corrected chi connectivity index (χ0v) is 9.00. The fraction of sp³-hybridized carbons (Fsp3) is 0.333. The Morgan fingerprint density at radius 2 is 2.00 bits per heavy atom. The molecule has 13 heavy (non-hydrogen) atoms. The molecule has 0 atom stereocenters. The van der Waals surface area contributed by atoms with Crippen LogP contribution < -0.4 is 4.74 Å². The van der Waals surface area contributed by atoms with Crippen molar-refractivity contribution in [2.75, 3.05) is 0 Å². The van der Waals surface area contributed by atoms with Crippen molar-refractivity contribution in [3.8, 4) is 18.4 Å². The molecule has 0 saturated carbocycles. The van der Waals surface area contributed by atoms with Crippen molar-refractivity contribution in [2.24, 2.45) is 0 Å². The average Bonchev–Trinajstić information content (AvgIpc) is 2.09. The SMILES string of the molecule is C#CC(C)(C)Oc1ncc(Br)cn1. The van der Waals surface area contributed by atoms with Crippen molar-refractivity contribution in [1.29, 1.82) is 0 Å². The number of hydrogen-bond donors (Lipinski definition) is 0. The fourth-order valence-electron chi connectivity index (χ4n) is 0.611. The van der Waals surface area contributed by atoms with Gasteiger partial charge in [0.1, 0.15) is 0 Å². The van der Waals surface area contributed by atoms with Crippen molar-refractivity contribution < 1.29 is 4.74 Å². The fourth-order valence-corrected chi connectivity index (χ4v) is 0.816. The maximum atomic E-state index is 5.33. The lowest BCUT2D eigenvalue weighted by Crippen LogP contribution is -2.26. The van der Waals surface area contributed by atoms with Gasteiger partial charge in [-0.2, -0.15) is 0 Å². The Labute approximate surface area is 85.7 Å². The quantitative estimate of drug-likeness (QED) is 0.743. The third-order valence-electron chi connectivity index (χ3n) is 1.29. The molecule has 0 unspecified atom stereocenters. The minimum absolute atomic E-state index is 0.283. The zero-order valence-electron chi connectivity index (χ0n) is 7.41. The molecule has 3 nitrogen and oxygen atoms in total. The average molecular weight is 241 g/mol. The monoisotopic (exact) mass is 240 g/mol. The Hall–Kier alpha value is -1.08. The molecule has 0 spiro atoms. The minimum atomic E-state index is -0.673. The van der Waals surface area contributed by atoms with Crippen LogP contribution in [0, 0.1) is 12.3 Å². The molecule has 0 aliphatic rings. The Bertz CT molecular complexity index is 326. The second-order valence-electron chi connectivity index (χ2n) is 2.94. The number of hydrogen-bond acceptors (Lipinski definition) is 3. The molecule has 0 saturated heterocycles. The Balaban J connectivity index is 2.77. The highest BCUT2D eigenvalue weighted by Crippen LogP contribution is 2.13. The molecule has 0 aliphatic carbocycles. The van der Waals surface area contributed by atoms with Gasteiger partial charge in [0.05, 0.1) is 4.47 Å². The zero-order chi connectivity index (χ0) is 9.90. The maximum absolute atomic E-state index is 5.33. The van der Waals surface area contributed by atoms with E-state index >= 15 is 0 Å². The molecule has 0 radical (unpaired) electrons. The van der Waals surface area contributed by atoms with Gasteiger partial charge in [0, 0.05) is 12.4 Å². The highest BCUT2D eigenvalue weighted by Gasteiger charge is 2.16. The molecular weight excluding hydrogens is 232 g/mol. The van der Waals surface area contributed by atoms with Crippen LogP contribution in [0.1, 0.15) is 13.8 Å². The van der Waals surface area contributed by atoms with Crippen LogP contribution in [0.4, 0.5) is 0 Å². The summed E-state index contributed by atoms with van der Waals surface area (Å²) in [7, 11) is 0. The molecule has 1 aromatic heterocycles. The van der Waals surface area contributed by atoms with E-state index in [1.165, 1.54) is 0 Å². The van der Waals surface area contributed by atoms with Crippen molar-refractivity contribution in [1.82, 2.24) is 9.97 Å². The molecule has 0 aromatic carbocycles. The van der Waals surface area contributed by atoms with Crippen LogP contribution in [0.25, 0.3) is 0 Å².